The van der Waals surface area contributed by atoms with Crippen LogP contribution in [0.5, 0.6) is 0 Å². The van der Waals surface area contributed by atoms with E-state index in [-0.39, 0.29) is 17.6 Å². The summed E-state index contributed by atoms with van der Waals surface area (Å²) in [6, 6.07) is 23.8. The first-order valence-electron chi connectivity index (χ1n) is 11.3. The molecule has 0 atom stereocenters. The highest BCUT2D eigenvalue weighted by Crippen LogP contribution is 2.44. The van der Waals surface area contributed by atoms with Crippen molar-refractivity contribution in [2.45, 2.75) is 26.2 Å². The van der Waals surface area contributed by atoms with Gasteiger partial charge in [-0.1, -0.05) is 86.4 Å². The van der Waals surface area contributed by atoms with Gasteiger partial charge in [-0.25, -0.2) is 4.79 Å². The Balaban J connectivity index is 1.25. The van der Waals surface area contributed by atoms with Gasteiger partial charge in [0.25, 0.3) is 0 Å². The molecule has 0 unspecified atom stereocenters. The third-order valence-corrected chi connectivity index (χ3v) is 5.79. The van der Waals surface area contributed by atoms with Crippen LogP contribution in [0, 0.1) is 17.8 Å². The maximum atomic E-state index is 12.2. The largest absolute Gasteiger partial charge is 0.449 e. The Morgan fingerprint density at radius 2 is 1.52 bits per heavy atom. The lowest BCUT2D eigenvalue weighted by Gasteiger charge is -2.14. The van der Waals surface area contributed by atoms with Crippen molar-refractivity contribution in [3.05, 3.63) is 95.1 Å². The molecule has 4 heteroatoms. The number of amides is 1. The minimum atomic E-state index is -0.435. The van der Waals surface area contributed by atoms with Crippen LogP contribution in [-0.4, -0.2) is 25.0 Å². The summed E-state index contributed by atoms with van der Waals surface area (Å²) >= 11 is 0. The summed E-state index contributed by atoms with van der Waals surface area (Å²) in [6.45, 7) is 4.49. The second kappa shape index (κ2) is 10.2. The van der Waals surface area contributed by atoms with Gasteiger partial charge in [0.15, 0.2) is 5.78 Å². The molecule has 166 valence electrons. The number of carbonyl (C=O) groups is 2. The normalized spacial score (nSPS) is 11.8. The zero-order chi connectivity index (χ0) is 23.2. The first-order valence-corrected chi connectivity index (χ1v) is 11.3. The number of benzene rings is 3. The molecule has 1 aliphatic carbocycles. The Bertz CT molecular complexity index is 1170. The van der Waals surface area contributed by atoms with Gasteiger partial charge in [0.05, 0.1) is 0 Å². The second-order valence-electron chi connectivity index (χ2n) is 8.40. The lowest BCUT2D eigenvalue weighted by atomic mass is 9.98. The van der Waals surface area contributed by atoms with Crippen LogP contribution in [0.25, 0.3) is 11.1 Å². The van der Waals surface area contributed by atoms with E-state index in [0.29, 0.717) is 25.1 Å². The number of ether oxygens (including phenoxy) is 1. The molecule has 33 heavy (non-hydrogen) atoms. The van der Waals surface area contributed by atoms with Gasteiger partial charge in [0, 0.05) is 35.9 Å². The fourth-order valence-electron chi connectivity index (χ4n) is 4.09. The van der Waals surface area contributed by atoms with Crippen LogP contribution in [0.2, 0.25) is 0 Å². The van der Waals surface area contributed by atoms with E-state index in [4.69, 9.17) is 4.74 Å². The number of ketones is 1. The smallest absolute Gasteiger partial charge is 0.407 e. The fourth-order valence-corrected chi connectivity index (χ4v) is 4.09. The number of hydrogen-bond donors (Lipinski definition) is 1. The lowest BCUT2D eigenvalue weighted by Crippen LogP contribution is -2.26. The molecule has 0 aromatic heterocycles. The Morgan fingerprint density at radius 3 is 2.12 bits per heavy atom. The molecule has 1 N–H and O–H groups in total. The number of rotatable bonds is 6. The fraction of sp³-hybridized carbons (Fsp3) is 0.241. The van der Waals surface area contributed by atoms with Gasteiger partial charge in [0.1, 0.15) is 6.61 Å². The van der Waals surface area contributed by atoms with Crippen molar-refractivity contribution in [3.8, 4) is 23.0 Å². The van der Waals surface area contributed by atoms with Crippen molar-refractivity contribution in [2.75, 3.05) is 13.2 Å². The molecule has 0 saturated heterocycles. The van der Waals surface area contributed by atoms with Gasteiger partial charge in [0.2, 0.25) is 0 Å². The van der Waals surface area contributed by atoms with Crippen molar-refractivity contribution in [1.29, 1.82) is 0 Å². The van der Waals surface area contributed by atoms with E-state index < -0.39 is 6.09 Å². The van der Waals surface area contributed by atoms with Crippen molar-refractivity contribution in [1.82, 2.24) is 5.32 Å². The average molecular weight is 438 g/mol. The SMILES string of the molecule is CC(C)C(=O)c1ccc(C#CCCNC(=O)OCC2c3ccccc3-c3ccccc32)cc1. The van der Waals surface area contributed by atoms with Gasteiger partial charge in [-0.15, -0.1) is 0 Å². The third kappa shape index (κ3) is 5.15. The van der Waals surface area contributed by atoms with Crippen LogP contribution >= 0.6 is 0 Å². The van der Waals surface area contributed by atoms with E-state index in [1.807, 2.05) is 50.2 Å². The quantitative estimate of drug-likeness (QED) is 0.301. The zero-order valence-corrected chi connectivity index (χ0v) is 18.9. The van der Waals surface area contributed by atoms with E-state index in [2.05, 4.69) is 41.4 Å². The molecular formula is C29H27NO3. The zero-order valence-electron chi connectivity index (χ0n) is 18.9. The maximum Gasteiger partial charge on any atom is 0.407 e. The average Bonchev–Trinajstić information content (AvgIpc) is 3.16. The molecule has 3 aromatic rings. The Morgan fingerprint density at radius 1 is 0.909 bits per heavy atom. The third-order valence-electron chi connectivity index (χ3n) is 5.79. The summed E-state index contributed by atoms with van der Waals surface area (Å²) in [5.74, 6) is 6.26. The van der Waals surface area contributed by atoms with Gasteiger partial charge < -0.3 is 10.1 Å². The summed E-state index contributed by atoms with van der Waals surface area (Å²) < 4.78 is 5.53. The van der Waals surface area contributed by atoms with Crippen molar-refractivity contribution in [3.63, 3.8) is 0 Å². The molecule has 4 nitrogen and oxygen atoms in total. The molecule has 0 heterocycles. The van der Waals surface area contributed by atoms with E-state index in [1.165, 1.54) is 22.3 Å². The summed E-state index contributed by atoms with van der Waals surface area (Å²) in [6.07, 6.45) is 0.0758. The number of Topliss-reactive ketones (excluding diaryl/α,β-unsaturated/α-hetero) is 1. The van der Waals surface area contributed by atoms with E-state index in [9.17, 15) is 9.59 Å². The molecule has 3 aromatic carbocycles. The molecule has 0 spiro atoms. The Labute approximate surface area is 195 Å². The summed E-state index contributed by atoms with van der Waals surface area (Å²) in [5.41, 5.74) is 6.35. The van der Waals surface area contributed by atoms with Gasteiger partial charge >= 0.3 is 6.09 Å². The highest BCUT2D eigenvalue weighted by molar-refractivity contribution is 5.97. The predicted octanol–water partition coefficient (Wildman–Crippen LogP) is 5.81. The molecule has 0 saturated carbocycles. The van der Waals surface area contributed by atoms with Gasteiger partial charge in [-0.05, 0) is 34.4 Å². The molecule has 0 radical (unpaired) electrons. The van der Waals surface area contributed by atoms with Crippen LogP contribution < -0.4 is 5.32 Å². The maximum absolute atomic E-state index is 12.2. The molecule has 0 bridgehead atoms. The van der Waals surface area contributed by atoms with Crippen LogP contribution in [0.3, 0.4) is 0 Å². The second-order valence-corrected chi connectivity index (χ2v) is 8.40. The Kier molecular flexibility index (Phi) is 6.90. The first kappa shape index (κ1) is 22.4. The number of hydrogen-bond acceptors (Lipinski definition) is 3. The standard InChI is InChI=1S/C29H27NO3/c1-20(2)28(31)22-16-14-21(15-17-22)9-7-8-18-30-29(32)33-19-27-25-12-5-3-10-23(25)24-11-4-6-13-26(24)27/h3-6,10-17,20,27H,8,18-19H2,1-2H3,(H,30,32). The first-order chi connectivity index (χ1) is 16.0. The van der Waals surface area contributed by atoms with E-state index in [0.717, 1.165) is 5.56 Å². The molecule has 1 aliphatic rings. The molecular weight excluding hydrogens is 410 g/mol. The highest BCUT2D eigenvalue weighted by Gasteiger charge is 2.28. The van der Waals surface area contributed by atoms with Crippen LogP contribution in [0.4, 0.5) is 4.79 Å². The highest BCUT2D eigenvalue weighted by atomic mass is 16.5. The van der Waals surface area contributed by atoms with Crippen molar-refractivity contribution < 1.29 is 14.3 Å². The van der Waals surface area contributed by atoms with E-state index >= 15 is 0 Å². The van der Waals surface area contributed by atoms with Crippen molar-refractivity contribution in [2.24, 2.45) is 5.92 Å². The summed E-state index contributed by atoms with van der Waals surface area (Å²) in [7, 11) is 0. The van der Waals surface area contributed by atoms with Crippen molar-refractivity contribution >= 4 is 11.9 Å². The number of nitrogens with one attached hydrogen (secondary N) is 1. The molecule has 1 amide bonds. The molecule has 0 fully saturated rings. The van der Waals surface area contributed by atoms with Gasteiger partial charge in [-0.3, -0.25) is 4.79 Å². The monoisotopic (exact) mass is 437 g/mol. The number of fused-ring (bicyclic) bond motifs is 3. The minimum absolute atomic E-state index is 0.0223. The van der Waals surface area contributed by atoms with Crippen LogP contribution in [-0.2, 0) is 4.74 Å². The Hall–Kier alpha value is -3.84. The topological polar surface area (TPSA) is 55.4 Å². The number of carbonyl (C=O) groups excluding carboxylic acids is 2. The van der Waals surface area contributed by atoms with E-state index in [1.54, 1.807) is 12.1 Å². The summed E-state index contributed by atoms with van der Waals surface area (Å²) in [4.78, 5) is 24.2. The number of alkyl carbamates (subject to hydrolysis) is 1. The molecule has 4 rings (SSSR count). The van der Waals surface area contributed by atoms with Gasteiger partial charge in [-0.2, -0.15) is 0 Å². The lowest BCUT2D eigenvalue weighted by molar-refractivity contribution is 0.0939. The minimum Gasteiger partial charge on any atom is -0.449 e. The predicted molar refractivity (Wildman–Crippen MR) is 130 cm³/mol. The summed E-state index contributed by atoms with van der Waals surface area (Å²) in [5, 5.41) is 2.77. The molecule has 0 aliphatic heterocycles. The van der Waals surface area contributed by atoms with Crippen LogP contribution in [0.15, 0.2) is 72.8 Å². The van der Waals surface area contributed by atoms with Crippen LogP contribution in [0.1, 0.15) is 53.2 Å².